The third-order valence-electron chi connectivity index (χ3n) is 3.89. The maximum Gasteiger partial charge on any atom is 0.0593 e. The van der Waals surface area contributed by atoms with Crippen molar-refractivity contribution in [3.8, 4) is 0 Å². The molecule has 0 spiro atoms. The number of nitrogens with zero attached hydrogens (tertiary/aromatic N) is 1. The Morgan fingerprint density at radius 3 is 2.75 bits per heavy atom. The molecule has 0 bridgehead atoms. The van der Waals surface area contributed by atoms with E-state index in [1.165, 1.54) is 32.5 Å². The van der Waals surface area contributed by atoms with Crippen LogP contribution in [0.25, 0.3) is 0 Å². The summed E-state index contributed by atoms with van der Waals surface area (Å²) in [5.74, 6) is 2.55. The quantitative estimate of drug-likeness (QED) is 0.660. The van der Waals surface area contributed by atoms with E-state index in [1.54, 1.807) is 0 Å². The van der Waals surface area contributed by atoms with Gasteiger partial charge in [-0.05, 0) is 50.7 Å². The molecule has 2 rings (SSSR count). The van der Waals surface area contributed by atoms with Crippen LogP contribution >= 0.6 is 0 Å². The normalized spacial score (nSPS) is 30.2. The second kappa shape index (κ2) is 5.99. The number of rotatable bonds is 7. The van der Waals surface area contributed by atoms with Crippen LogP contribution in [0.4, 0.5) is 0 Å². The van der Waals surface area contributed by atoms with Gasteiger partial charge in [-0.1, -0.05) is 6.92 Å². The Bertz CT molecular complexity index is 206. The van der Waals surface area contributed by atoms with E-state index in [9.17, 15) is 0 Å². The first kappa shape index (κ1) is 12.3. The Balaban J connectivity index is 1.51. The maximum atomic E-state index is 5.66. The van der Waals surface area contributed by atoms with Gasteiger partial charge in [-0.2, -0.15) is 0 Å². The highest BCUT2D eigenvalue weighted by Gasteiger charge is 2.24. The van der Waals surface area contributed by atoms with Gasteiger partial charge in [0.25, 0.3) is 0 Å². The highest BCUT2D eigenvalue weighted by Crippen LogP contribution is 2.28. The molecule has 2 aliphatic rings. The van der Waals surface area contributed by atoms with E-state index in [-0.39, 0.29) is 0 Å². The minimum absolute atomic E-state index is 0.827. The van der Waals surface area contributed by atoms with Crippen molar-refractivity contribution in [2.45, 2.75) is 19.8 Å². The molecule has 0 radical (unpaired) electrons. The van der Waals surface area contributed by atoms with Crippen LogP contribution in [-0.2, 0) is 4.74 Å². The predicted molar refractivity (Wildman–Crippen MR) is 66.6 cm³/mol. The SMILES string of the molecule is C[C@@H]1CNC[C@H]1CN(C)CCOCC1CC1. The molecule has 1 saturated carbocycles. The summed E-state index contributed by atoms with van der Waals surface area (Å²) >= 11 is 0. The topological polar surface area (TPSA) is 24.5 Å². The summed E-state index contributed by atoms with van der Waals surface area (Å²) in [6, 6.07) is 0. The Hall–Kier alpha value is -0.120. The molecule has 1 N–H and O–H groups in total. The summed E-state index contributed by atoms with van der Waals surface area (Å²) in [5.41, 5.74) is 0. The van der Waals surface area contributed by atoms with Crippen LogP contribution < -0.4 is 5.32 Å². The van der Waals surface area contributed by atoms with Gasteiger partial charge in [-0.15, -0.1) is 0 Å². The lowest BCUT2D eigenvalue weighted by atomic mass is 9.98. The second-order valence-electron chi connectivity index (χ2n) is 5.68. The van der Waals surface area contributed by atoms with E-state index >= 15 is 0 Å². The number of hydrogen-bond acceptors (Lipinski definition) is 3. The minimum Gasteiger partial charge on any atom is -0.380 e. The highest BCUT2D eigenvalue weighted by molar-refractivity contribution is 4.79. The van der Waals surface area contributed by atoms with Gasteiger partial charge in [0.05, 0.1) is 6.61 Å². The van der Waals surface area contributed by atoms with Crippen LogP contribution in [0, 0.1) is 17.8 Å². The van der Waals surface area contributed by atoms with Crippen LogP contribution in [0.3, 0.4) is 0 Å². The molecule has 1 saturated heterocycles. The van der Waals surface area contributed by atoms with E-state index in [0.29, 0.717) is 0 Å². The maximum absolute atomic E-state index is 5.66. The highest BCUT2D eigenvalue weighted by atomic mass is 16.5. The zero-order chi connectivity index (χ0) is 11.4. The standard InChI is InChI=1S/C13H26N2O/c1-11-7-14-8-13(11)9-15(2)5-6-16-10-12-3-4-12/h11-14H,3-10H2,1-2H3/t11-,13+/m1/s1. The fourth-order valence-corrected chi connectivity index (χ4v) is 2.36. The first-order valence-corrected chi connectivity index (χ1v) is 6.72. The van der Waals surface area contributed by atoms with E-state index in [4.69, 9.17) is 4.74 Å². The van der Waals surface area contributed by atoms with Gasteiger partial charge in [0.1, 0.15) is 0 Å². The van der Waals surface area contributed by atoms with E-state index in [0.717, 1.165) is 37.5 Å². The lowest BCUT2D eigenvalue weighted by Gasteiger charge is -2.22. The molecule has 0 amide bonds. The van der Waals surface area contributed by atoms with E-state index < -0.39 is 0 Å². The van der Waals surface area contributed by atoms with Gasteiger partial charge < -0.3 is 15.0 Å². The van der Waals surface area contributed by atoms with E-state index in [2.05, 4.69) is 24.2 Å². The number of nitrogens with one attached hydrogen (secondary N) is 1. The first-order chi connectivity index (χ1) is 7.75. The fourth-order valence-electron chi connectivity index (χ4n) is 2.36. The molecule has 16 heavy (non-hydrogen) atoms. The Kier molecular flexibility index (Phi) is 4.62. The summed E-state index contributed by atoms with van der Waals surface area (Å²) in [4.78, 5) is 2.42. The smallest absolute Gasteiger partial charge is 0.0593 e. The van der Waals surface area contributed by atoms with Crippen molar-refractivity contribution in [1.82, 2.24) is 10.2 Å². The van der Waals surface area contributed by atoms with Crippen molar-refractivity contribution >= 4 is 0 Å². The number of likely N-dealkylation sites (N-methyl/N-ethyl adjacent to an activating group) is 1. The summed E-state index contributed by atoms with van der Waals surface area (Å²) in [7, 11) is 2.21. The molecule has 3 nitrogen and oxygen atoms in total. The molecule has 2 atom stereocenters. The molecular formula is C13H26N2O. The molecule has 0 aromatic rings. The minimum atomic E-state index is 0.827. The van der Waals surface area contributed by atoms with Gasteiger partial charge in [-0.25, -0.2) is 0 Å². The lowest BCUT2D eigenvalue weighted by molar-refractivity contribution is 0.0981. The van der Waals surface area contributed by atoms with E-state index in [1.807, 2.05) is 0 Å². The van der Waals surface area contributed by atoms with Crippen molar-refractivity contribution in [2.24, 2.45) is 17.8 Å². The monoisotopic (exact) mass is 226 g/mol. The molecular weight excluding hydrogens is 200 g/mol. The number of hydrogen-bond donors (Lipinski definition) is 1. The Morgan fingerprint density at radius 2 is 2.12 bits per heavy atom. The zero-order valence-electron chi connectivity index (χ0n) is 10.7. The lowest BCUT2D eigenvalue weighted by Crippen LogP contribution is -2.31. The van der Waals surface area contributed by atoms with Crippen LogP contribution in [0.15, 0.2) is 0 Å². The van der Waals surface area contributed by atoms with Crippen molar-refractivity contribution in [1.29, 1.82) is 0 Å². The summed E-state index contributed by atoms with van der Waals surface area (Å²) < 4.78 is 5.66. The molecule has 1 aliphatic heterocycles. The predicted octanol–water partition coefficient (Wildman–Crippen LogP) is 1.20. The van der Waals surface area contributed by atoms with Gasteiger partial charge in [0, 0.05) is 19.7 Å². The van der Waals surface area contributed by atoms with Crippen molar-refractivity contribution in [3.05, 3.63) is 0 Å². The third kappa shape index (κ3) is 4.04. The summed E-state index contributed by atoms with van der Waals surface area (Å²) in [5, 5.41) is 3.46. The molecule has 0 aromatic heterocycles. The molecule has 94 valence electrons. The van der Waals surface area contributed by atoms with Gasteiger partial charge in [0.2, 0.25) is 0 Å². The Morgan fingerprint density at radius 1 is 1.31 bits per heavy atom. The third-order valence-corrected chi connectivity index (χ3v) is 3.89. The molecule has 3 heteroatoms. The van der Waals surface area contributed by atoms with Crippen LogP contribution in [-0.4, -0.2) is 51.3 Å². The van der Waals surface area contributed by atoms with Crippen LogP contribution in [0.1, 0.15) is 19.8 Å². The van der Waals surface area contributed by atoms with Crippen LogP contribution in [0.5, 0.6) is 0 Å². The van der Waals surface area contributed by atoms with Crippen molar-refractivity contribution in [3.63, 3.8) is 0 Å². The average molecular weight is 226 g/mol. The largest absolute Gasteiger partial charge is 0.380 e. The molecule has 2 fully saturated rings. The average Bonchev–Trinajstić information content (AvgIpc) is 3.00. The van der Waals surface area contributed by atoms with Crippen molar-refractivity contribution in [2.75, 3.05) is 46.4 Å². The Labute approximate surface area is 99.5 Å². The summed E-state index contributed by atoms with van der Waals surface area (Å²) in [6.45, 7) is 8.92. The molecule has 1 heterocycles. The van der Waals surface area contributed by atoms with Gasteiger partial charge in [0.15, 0.2) is 0 Å². The molecule has 0 unspecified atom stereocenters. The van der Waals surface area contributed by atoms with Gasteiger partial charge >= 0.3 is 0 Å². The fraction of sp³-hybridized carbons (Fsp3) is 1.00. The zero-order valence-corrected chi connectivity index (χ0v) is 10.7. The van der Waals surface area contributed by atoms with Crippen LogP contribution in [0.2, 0.25) is 0 Å². The first-order valence-electron chi connectivity index (χ1n) is 6.72. The van der Waals surface area contributed by atoms with Gasteiger partial charge in [-0.3, -0.25) is 0 Å². The molecule has 0 aromatic carbocycles. The molecule has 1 aliphatic carbocycles. The second-order valence-corrected chi connectivity index (χ2v) is 5.68. The number of ether oxygens (including phenoxy) is 1. The summed E-state index contributed by atoms with van der Waals surface area (Å²) in [6.07, 6.45) is 2.78. The van der Waals surface area contributed by atoms with Crippen molar-refractivity contribution < 1.29 is 4.74 Å².